The number of nitrogens with zero attached hydrogens (tertiary/aromatic N) is 1. The highest BCUT2D eigenvalue weighted by Gasteiger charge is 1.98. The first-order chi connectivity index (χ1) is 6.70. The molecule has 1 aromatic rings. The molecule has 2 heteroatoms. The molecule has 0 aliphatic rings. The highest BCUT2D eigenvalue weighted by molar-refractivity contribution is 7.80. The Bertz CT molecular complexity index is 280. The lowest BCUT2D eigenvalue weighted by atomic mass is 10.1. The first-order valence-electron chi connectivity index (χ1n) is 4.94. The molecule has 0 atom stereocenters. The summed E-state index contributed by atoms with van der Waals surface area (Å²) in [6.07, 6.45) is 3.27. The van der Waals surface area contributed by atoms with Crippen molar-refractivity contribution in [1.29, 1.82) is 0 Å². The molecule has 0 radical (unpaired) electrons. The summed E-state index contributed by atoms with van der Waals surface area (Å²) >= 11 is 5.22. The van der Waals surface area contributed by atoms with Crippen LogP contribution in [-0.4, -0.2) is 24.0 Å². The lowest BCUT2D eigenvalue weighted by Gasteiger charge is -2.12. The van der Waals surface area contributed by atoms with Gasteiger partial charge in [0.1, 0.15) is 0 Å². The van der Waals surface area contributed by atoms with E-state index < -0.39 is 0 Å². The number of aryl methyl sites for hydroxylation is 1. The van der Waals surface area contributed by atoms with Crippen molar-refractivity contribution in [3.63, 3.8) is 0 Å². The van der Waals surface area contributed by atoms with Gasteiger partial charge in [0.25, 0.3) is 0 Å². The zero-order valence-corrected chi connectivity index (χ0v) is 9.68. The van der Waals surface area contributed by atoms with E-state index >= 15 is 0 Å². The third-order valence-corrected chi connectivity index (χ3v) is 2.77. The van der Waals surface area contributed by atoms with E-state index in [1.54, 1.807) is 0 Å². The van der Waals surface area contributed by atoms with Gasteiger partial charge >= 0.3 is 0 Å². The Balaban J connectivity index is 2.26. The molecule has 0 saturated carbocycles. The third kappa shape index (κ3) is 3.88. The summed E-state index contributed by atoms with van der Waals surface area (Å²) in [5.74, 6) is 0. The molecule has 0 heterocycles. The number of hydrogen-bond acceptors (Lipinski definition) is 1. The summed E-state index contributed by atoms with van der Waals surface area (Å²) < 4.78 is 0. The van der Waals surface area contributed by atoms with Gasteiger partial charge in [-0.15, -0.1) is 0 Å². The van der Waals surface area contributed by atoms with Crippen LogP contribution in [0.25, 0.3) is 0 Å². The van der Waals surface area contributed by atoms with E-state index in [1.807, 2.05) is 25.1 Å². The SMILES string of the molecule is CN(C)C(=S)CCCc1ccccc1. The molecule has 0 fully saturated rings. The van der Waals surface area contributed by atoms with E-state index in [1.165, 1.54) is 5.56 Å². The smallest absolute Gasteiger partial charge is 0.0774 e. The maximum Gasteiger partial charge on any atom is 0.0774 e. The maximum atomic E-state index is 5.22. The molecule has 0 spiro atoms. The molecular formula is C12H17NS. The van der Waals surface area contributed by atoms with Gasteiger partial charge in [-0.1, -0.05) is 42.5 Å². The van der Waals surface area contributed by atoms with Crippen molar-refractivity contribution < 1.29 is 0 Å². The van der Waals surface area contributed by atoms with Gasteiger partial charge in [0.2, 0.25) is 0 Å². The van der Waals surface area contributed by atoms with Crippen LogP contribution in [0.4, 0.5) is 0 Å². The molecule has 0 aliphatic carbocycles. The van der Waals surface area contributed by atoms with E-state index in [0.29, 0.717) is 0 Å². The van der Waals surface area contributed by atoms with Gasteiger partial charge in [0.05, 0.1) is 4.99 Å². The first kappa shape index (κ1) is 11.2. The Morgan fingerprint density at radius 1 is 1.21 bits per heavy atom. The zero-order valence-electron chi connectivity index (χ0n) is 8.86. The maximum absolute atomic E-state index is 5.22. The van der Waals surface area contributed by atoms with Gasteiger partial charge in [0.15, 0.2) is 0 Å². The predicted octanol–water partition coefficient (Wildman–Crippen LogP) is 2.90. The van der Waals surface area contributed by atoms with E-state index in [9.17, 15) is 0 Å². The molecule has 0 saturated heterocycles. The van der Waals surface area contributed by atoms with Crippen LogP contribution in [0.1, 0.15) is 18.4 Å². The lowest BCUT2D eigenvalue weighted by Crippen LogP contribution is -2.19. The average molecular weight is 207 g/mol. The summed E-state index contributed by atoms with van der Waals surface area (Å²) in [5, 5.41) is 0. The third-order valence-electron chi connectivity index (χ3n) is 2.20. The Morgan fingerprint density at radius 3 is 2.43 bits per heavy atom. The van der Waals surface area contributed by atoms with E-state index in [-0.39, 0.29) is 0 Å². The van der Waals surface area contributed by atoms with Crippen molar-refractivity contribution in [2.45, 2.75) is 19.3 Å². The predicted molar refractivity (Wildman–Crippen MR) is 65.7 cm³/mol. The Hall–Kier alpha value is -0.890. The molecule has 0 aliphatic heterocycles. The Kier molecular flexibility index (Phi) is 4.60. The zero-order chi connectivity index (χ0) is 10.4. The summed E-state index contributed by atoms with van der Waals surface area (Å²) in [6, 6.07) is 10.5. The van der Waals surface area contributed by atoms with Gasteiger partial charge in [-0.25, -0.2) is 0 Å². The van der Waals surface area contributed by atoms with Crippen LogP contribution in [0, 0.1) is 0 Å². The molecule has 76 valence electrons. The highest BCUT2D eigenvalue weighted by atomic mass is 32.1. The summed E-state index contributed by atoms with van der Waals surface area (Å²) in [6.45, 7) is 0. The molecule has 0 bridgehead atoms. The topological polar surface area (TPSA) is 3.24 Å². The second-order valence-corrected chi connectivity index (χ2v) is 4.10. The lowest BCUT2D eigenvalue weighted by molar-refractivity contribution is 0.611. The average Bonchev–Trinajstić information content (AvgIpc) is 2.19. The van der Waals surface area contributed by atoms with Crippen LogP contribution in [0.5, 0.6) is 0 Å². The molecule has 1 aromatic carbocycles. The fourth-order valence-electron chi connectivity index (χ4n) is 1.31. The minimum Gasteiger partial charge on any atom is -0.372 e. The standard InChI is InChI=1S/C12H17NS/c1-13(2)12(14)10-6-9-11-7-4-3-5-8-11/h3-5,7-8H,6,9-10H2,1-2H3. The molecule has 0 N–H and O–H groups in total. The van der Waals surface area contributed by atoms with Crippen LogP contribution in [0.15, 0.2) is 30.3 Å². The monoisotopic (exact) mass is 207 g/mol. The van der Waals surface area contributed by atoms with E-state index in [4.69, 9.17) is 12.2 Å². The second kappa shape index (κ2) is 5.76. The van der Waals surface area contributed by atoms with E-state index in [2.05, 4.69) is 24.3 Å². The van der Waals surface area contributed by atoms with Gasteiger partial charge in [0, 0.05) is 14.1 Å². The number of thiocarbonyl (C=S) groups is 1. The molecule has 0 aromatic heterocycles. The van der Waals surface area contributed by atoms with E-state index in [0.717, 1.165) is 24.3 Å². The van der Waals surface area contributed by atoms with Crippen LogP contribution in [-0.2, 0) is 6.42 Å². The van der Waals surface area contributed by atoms with Gasteiger partial charge in [-0.05, 0) is 24.8 Å². The molecule has 1 rings (SSSR count). The highest BCUT2D eigenvalue weighted by Crippen LogP contribution is 2.05. The summed E-state index contributed by atoms with van der Waals surface area (Å²) in [4.78, 5) is 3.06. The summed E-state index contributed by atoms with van der Waals surface area (Å²) in [7, 11) is 4.01. The van der Waals surface area contributed by atoms with Crippen LogP contribution in [0.2, 0.25) is 0 Å². The second-order valence-electron chi connectivity index (χ2n) is 3.63. The van der Waals surface area contributed by atoms with Crippen molar-refractivity contribution in [3.8, 4) is 0 Å². The van der Waals surface area contributed by atoms with Crippen molar-refractivity contribution in [2.24, 2.45) is 0 Å². The van der Waals surface area contributed by atoms with Gasteiger partial charge in [-0.2, -0.15) is 0 Å². The Morgan fingerprint density at radius 2 is 1.86 bits per heavy atom. The Labute approximate surface area is 91.7 Å². The summed E-state index contributed by atoms with van der Waals surface area (Å²) in [5.41, 5.74) is 1.40. The molecule has 1 nitrogen and oxygen atoms in total. The minimum atomic E-state index is 1.01. The van der Waals surface area contributed by atoms with Gasteiger partial charge in [-0.3, -0.25) is 0 Å². The molecule has 14 heavy (non-hydrogen) atoms. The molecule has 0 amide bonds. The fourth-order valence-corrected chi connectivity index (χ4v) is 1.46. The minimum absolute atomic E-state index is 1.01. The molecule has 0 unspecified atom stereocenters. The van der Waals surface area contributed by atoms with Crippen LogP contribution >= 0.6 is 12.2 Å². The number of benzene rings is 1. The molecular weight excluding hydrogens is 190 g/mol. The number of hydrogen-bond donors (Lipinski definition) is 0. The number of rotatable bonds is 4. The van der Waals surface area contributed by atoms with Crippen molar-refractivity contribution in [1.82, 2.24) is 4.90 Å². The first-order valence-corrected chi connectivity index (χ1v) is 5.35. The van der Waals surface area contributed by atoms with Gasteiger partial charge < -0.3 is 4.90 Å². The van der Waals surface area contributed by atoms with Crippen molar-refractivity contribution in [3.05, 3.63) is 35.9 Å². The van der Waals surface area contributed by atoms with Crippen molar-refractivity contribution >= 4 is 17.2 Å². The quantitative estimate of drug-likeness (QED) is 0.698. The fraction of sp³-hybridized carbons (Fsp3) is 0.417. The van der Waals surface area contributed by atoms with Crippen LogP contribution in [0.3, 0.4) is 0 Å². The van der Waals surface area contributed by atoms with Crippen molar-refractivity contribution in [2.75, 3.05) is 14.1 Å². The largest absolute Gasteiger partial charge is 0.372 e. The normalized spacial score (nSPS) is 9.86. The van der Waals surface area contributed by atoms with Crippen LogP contribution < -0.4 is 0 Å².